The van der Waals surface area contributed by atoms with Gasteiger partial charge in [-0.3, -0.25) is 0 Å². The Bertz CT molecular complexity index is 221. The summed E-state index contributed by atoms with van der Waals surface area (Å²) in [6, 6.07) is 0.570. The van der Waals surface area contributed by atoms with Crippen LogP contribution >= 0.6 is 0 Å². The molecule has 1 nitrogen and oxygen atoms in total. The lowest BCUT2D eigenvalue weighted by Gasteiger charge is -2.32. The van der Waals surface area contributed by atoms with E-state index in [4.69, 9.17) is 5.73 Å². The highest BCUT2D eigenvalue weighted by atomic mass is 14.7. The van der Waals surface area contributed by atoms with E-state index < -0.39 is 0 Å². The Balaban J connectivity index is 1.45. The molecule has 0 aromatic heterocycles. The lowest BCUT2D eigenvalue weighted by molar-refractivity contribution is 0.182. The molecule has 74 valence electrons. The van der Waals surface area contributed by atoms with Crippen LogP contribution in [0.4, 0.5) is 0 Å². The number of rotatable bonds is 4. The molecule has 0 aromatic rings. The van der Waals surface area contributed by atoms with Gasteiger partial charge in [0.15, 0.2) is 0 Å². The molecule has 1 heteroatoms. The smallest absolute Gasteiger partial charge is 0.00709 e. The van der Waals surface area contributed by atoms with Gasteiger partial charge in [0.05, 0.1) is 0 Å². The predicted molar refractivity (Wildman–Crippen MR) is 54.3 cm³/mol. The van der Waals surface area contributed by atoms with Crippen molar-refractivity contribution < 1.29 is 0 Å². The van der Waals surface area contributed by atoms with Gasteiger partial charge in [-0.15, -0.1) is 0 Å². The summed E-state index contributed by atoms with van der Waals surface area (Å²) in [7, 11) is 0. The van der Waals surface area contributed by atoms with Gasteiger partial charge in [-0.2, -0.15) is 0 Å². The zero-order chi connectivity index (χ0) is 9.05. The molecule has 13 heavy (non-hydrogen) atoms. The molecule has 3 aliphatic rings. The third-order valence-corrected chi connectivity index (χ3v) is 5.17. The first-order chi connectivity index (χ1) is 6.22. The Morgan fingerprint density at radius 3 is 2.69 bits per heavy atom. The number of nitrogens with two attached hydrogens (primary N) is 1. The quantitative estimate of drug-likeness (QED) is 0.705. The van der Waals surface area contributed by atoms with Crippen molar-refractivity contribution in [3.63, 3.8) is 0 Å². The summed E-state index contributed by atoms with van der Waals surface area (Å²) in [4.78, 5) is 0. The Kier molecular flexibility index (Phi) is 1.59. The Morgan fingerprint density at radius 1 is 1.54 bits per heavy atom. The summed E-state index contributed by atoms with van der Waals surface area (Å²) in [5, 5.41) is 0. The number of hydrogen-bond donors (Lipinski definition) is 1. The van der Waals surface area contributed by atoms with Crippen LogP contribution in [0.1, 0.15) is 45.4 Å². The third kappa shape index (κ3) is 1.16. The average molecular weight is 179 g/mol. The van der Waals surface area contributed by atoms with Gasteiger partial charge in [-0.1, -0.05) is 6.92 Å². The topological polar surface area (TPSA) is 26.0 Å². The van der Waals surface area contributed by atoms with E-state index in [1.807, 2.05) is 0 Å². The van der Waals surface area contributed by atoms with Crippen molar-refractivity contribution >= 4 is 0 Å². The maximum absolute atomic E-state index is 5.82. The van der Waals surface area contributed by atoms with E-state index in [1.165, 1.54) is 32.1 Å². The maximum atomic E-state index is 5.82. The molecule has 2 N–H and O–H groups in total. The van der Waals surface area contributed by atoms with Crippen LogP contribution in [0.3, 0.4) is 0 Å². The minimum atomic E-state index is 0.570. The highest BCUT2D eigenvalue weighted by Crippen LogP contribution is 2.72. The van der Waals surface area contributed by atoms with Crippen LogP contribution in [0.5, 0.6) is 0 Å². The molecule has 3 rings (SSSR count). The fourth-order valence-corrected chi connectivity index (χ4v) is 3.53. The summed E-state index contributed by atoms with van der Waals surface area (Å²) in [6.07, 6.45) is 8.81. The van der Waals surface area contributed by atoms with Gasteiger partial charge in [0.2, 0.25) is 0 Å². The van der Waals surface area contributed by atoms with Crippen LogP contribution in [0, 0.1) is 23.2 Å². The molecule has 0 saturated heterocycles. The predicted octanol–water partition coefficient (Wildman–Crippen LogP) is 2.55. The van der Waals surface area contributed by atoms with Crippen molar-refractivity contribution in [2.24, 2.45) is 28.9 Å². The molecule has 0 heterocycles. The van der Waals surface area contributed by atoms with Crippen LogP contribution in [-0.2, 0) is 0 Å². The second kappa shape index (κ2) is 2.50. The lowest BCUT2D eigenvalue weighted by Crippen LogP contribution is -2.23. The molecule has 0 aliphatic heterocycles. The van der Waals surface area contributed by atoms with Crippen molar-refractivity contribution in [3.05, 3.63) is 0 Å². The van der Waals surface area contributed by atoms with Crippen LogP contribution in [0.25, 0.3) is 0 Å². The van der Waals surface area contributed by atoms with E-state index in [1.54, 1.807) is 6.42 Å². The third-order valence-electron chi connectivity index (χ3n) is 5.17. The van der Waals surface area contributed by atoms with Crippen molar-refractivity contribution in [2.75, 3.05) is 0 Å². The second-order valence-corrected chi connectivity index (χ2v) is 5.81. The summed E-state index contributed by atoms with van der Waals surface area (Å²) >= 11 is 0. The van der Waals surface area contributed by atoms with Crippen LogP contribution in [0.2, 0.25) is 0 Å². The van der Waals surface area contributed by atoms with Gasteiger partial charge in [-0.25, -0.2) is 0 Å². The van der Waals surface area contributed by atoms with Crippen LogP contribution < -0.4 is 5.73 Å². The zero-order valence-corrected chi connectivity index (χ0v) is 8.63. The van der Waals surface area contributed by atoms with Crippen LogP contribution in [-0.4, -0.2) is 6.04 Å². The largest absolute Gasteiger partial charge is 0.327 e. The Morgan fingerprint density at radius 2 is 2.31 bits per heavy atom. The first kappa shape index (κ1) is 8.28. The number of fused-ring (bicyclic) bond motifs is 1. The van der Waals surface area contributed by atoms with Crippen LogP contribution in [0.15, 0.2) is 0 Å². The molecule has 0 amide bonds. The molecule has 0 bridgehead atoms. The van der Waals surface area contributed by atoms with E-state index in [0.29, 0.717) is 6.04 Å². The molecular weight excluding hydrogens is 158 g/mol. The van der Waals surface area contributed by atoms with Gasteiger partial charge in [0.25, 0.3) is 0 Å². The molecular formula is C12H21N. The molecule has 3 aliphatic carbocycles. The SMILES string of the molecule is CC(CCC1CC1N)C12CCC1C2. The molecule has 5 atom stereocenters. The summed E-state index contributed by atoms with van der Waals surface area (Å²) < 4.78 is 0. The van der Waals surface area contributed by atoms with Crippen molar-refractivity contribution in [3.8, 4) is 0 Å². The van der Waals surface area contributed by atoms with E-state index in [-0.39, 0.29) is 0 Å². The highest BCUT2D eigenvalue weighted by molar-refractivity contribution is 5.12. The summed E-state index contributed by atoms with van der Waals surface area (Å²) in [6.45, 7) is 2.48. The lowest BCUT2D eigenvalue weighted by atomic mass is 9.73. The summed E-state index contributed by atoms with van der Waals surface area (Å²) in [5.74, 6) is 3.05. The van der Waals surface area contributed by atoms with E-state index >= 15 is 0 Å². The fourth-order valence-electron chi connectivity index (χ4n) is 3.53. The van der Waals surface area contributed by atoms with Crippen molar-refractivity contribution in [1.82, 2.24) is 0 Å². The van der Waals surface area contributed by atoms with Gasteiger partial charge in [0, 0.05) is 6.04 Å². The van der Waals surface area contributed by atoms with E-state index in [0.717, 1.165) is 23.2 Å². The second-order valence-electron chi connectivity index (χ2n) is 5.81. The number of hydrogen-bond acceptors (Lipinski definition) is 1. The van der Waals surface area contributed by atoms with Gasteiger partial charge in [0.1, 0.15) is 0 Å². The molecule has 3 saturated carbocycles. The standard InChI is InChI=1S/C12H21N/c1-8(2-3-9-6-11(9)13)12-5-4-10(12)7-12/h8-11H,2-7,13H2,1H3. The Labute approximate surface area is 81.1 Å². The van der Waals surface area contributed by atoms with Gasteiger partial charge >= 0.3 is 0 Å². The Hall–Kier alpha value is -0.0400. The minimum Gasteiger partial charge on any atom is -0.327 e. The highest BCUT2D eigenvalue weighted by Gasteiger charge is 2.63. The normalized spacial score (nSPS) is 53.5. The summed E-state index contributed by atoms with van der Waals surface area (Å²) in [5.41, 5.74) is 6.68. The molecule has 5 unspecified atom stereocenters. The van der Waals surface area contributed by atoms with E-state index in [9.17, 15) is 0 Å². The van der Waals surface area contributed by atoms with Gasteiger partial charge < -0.3 is 5.73 Å². The van der Waals surface area contributed by atoms with Crippen molar-refractivity contribution in [1.29, 1.82) is 0 Å². The first-order valence-corrected chi connectivity index (χ1v) is 5.98. The van der Waals surface area contributed by atoms with Gasteiger partial charge in [-0.05, 0) is 61.7 Å². The fraction of sp³-hybridized carbons (Fsp3) is 1.00. The van der Waals surface area contributed by atoms with Crippen molar-refractivity contribution in [2.45, 2.75) is 51.5 Å². The zero-order valence-electron chi connectivity index (χ0n) is 8.63. The molecule has 3 fully saturated rings. The molecule has 0 radical (unpaired) electrons. The molecule has 0 spiro atoms. The molecule has 0 aromatic carbocycles. The minimum absolute atomic E-state index is 0.570. The maximum Gasteiger partial charge on any atom is 0.00709 e. The average Bonchev–Trinajstić information content (AvgIpc) is 2.89. The first-order valence-electron chi connectivity index (χ1n) is 5.98. The van der Waals surface area contributed by atoms with E-state index in [2.05, 4.69) is 6.92 Å². The monoisotopic (exact) mass is 179 g/mol.